The van der Waals surface area contributed by atoms with Gasteiger partial charge in [-0.05, 0) is 134 Å². The Hall–Kier alpha value is -8.60. The van der Waals surface area contributed by atoms with Crippen LogP contribution >= 0.6 is 0 Å². The van der Waals surface area contributed by atoms with Crippen LogP contribution in [0.25, 0.3) is 23.3 Å². The van der Waals surface area contributed by atoms with Gasteiger partial charge >= 0.3 is 0 Å². The quantitative estimate of drug-likeness (QED) is 0.172. The zero-order chi connectivity index (χ0) is 55.5. The van der Waals surface area contributed by atoms with Gasteiger partial charge in [0.05, 0.1) is 22.5 Å². The number of allylic oxidation sites excluding steroid dienone is 3. The first kappa shape index (κ1) is 49.4. The molecule has 0 atom stereocenters. The van der Waals surface area contributed by atoms with E-state index < -0.39 is 5.41 Å². The highest BCUT2D eigenvalue weighted by molar-refractivity contribution is 5.95. The normalized spacial score (nSPS) is 18.1. The van der Waals surface area contributed by atoms with Crippen molar-refractivity contribution in [3.8, 4) is 34.1 Å². The average Bonchev–Trinajstić information content (AvgIpc) is 4.01. The fourth-order valence-corrected chi connectivity index (χ4v) is 15.5. The molecule has 0 saturated heterocycles. The van der Waals surface area contributed by atoms with Gasteiger partial charge in [0.15, 0.2) is 0 Å². The van der Waals surface area contributed by atoms with E-state index in [4.69, 9.17) is 9.47 Å². The molecule has 9 aromatic rings. The van der Waals surface area contributed by atoms with Gasteiger partial charge in [0, 0.05) is 73.1 Å². The number of hydrogen-bond donors (Lipinski definition) is 0. The van der Waals surface area contributed by atoms with E-state index in [1.165, 1.54) is 106 Å². The summed E-state index contributed by atoms with van der Waals surface area (Å²) >= 11 is 0. The van der Waals surface area contributed by atoms with Gasteiger partial charge in [-0.25, -0.2) is 0 Å². The fourth-order valence-electron chi connectivity index (χ4n) is 15.5. The summed E-state index contributed by atoms with van der Waals surface area (Å²) in [6, 6.07) is 68.8. The van der Waals surface area contributed by atoms with Gasteiger partial charge in [-0.2, -0.15) is 0 Å². The summed E-state index contributed by atoms with van der Waals surface area (Å²) in [6.45, 7) is 23.0. The topological polar surface area (TPSA) is 24.9 Å². The Morgan fingerprint density at radius 3 is 1.32 bits per heavy atom. The van der Waals surface area contributed by atoms with Crippen LogP contribution in [0.15, 0.2) is 205 Å². The van der Waals surface area contributed by atoms with Crippen LogP contribution in [-0.2, 0) is 27.1 Å². The van der Waals surface area contributed by atoms with Crippen molar-refractivity contribution in [2.24, 2.45) is 0 Å². The van der Waals surface area contributed by atoms with E-state index in [1.807, 2.05) is 13.8 Å². The van der Waals surface area contributed by atoms with Gasteiger partial charge in [0.2, 0.25) is 0 Å². The molecule has 4 aliphatic heterocycles. The Morgan fingerprint density at radius 2 is 0.765 bits per heavy atom. The maximum Gasteiger partial charge on any atom is 0.133 e. The lowest BCUT2D eigenvalue weighted by atomic mass is 9.65. The number of benzene rings is 9. The van der Waals surface area contributed by atoms with Crippen molar-refractivity contribution in [3.63, 3.8) is 0 Å². The molecule has 9 aromatic carbocycles. The highest BCUT2D eigenvalue weighted by Gasteiger charge is 2.51. The second-order valence-corrected chi connectivity index (χ2v) is 25.1. The zero-order valence-electron chi connectivity index (χ0n) is 48.3. The Morgan fingerprint density at radius 1 is 0.333 bits per heavy atom. The summed E-state index contributed by atoms with van der Waals surface area (Å²) in [7, 11) is 0. The molecule has 0 bridgehead atoms. The summed E-state index contributed by atoms with van der Waals surface area (Å²) in [5.41, 5.74) is 25.4. The van der Waals surface area contributed by atoms with Crippen LogP contribution in [0.4, 0.5) is 28.4 Å². The van der Waals surface area contributed by atoms with Crippen molar-refractivity contribution in [1.29, 1.82) is 0 Å². The van der Waals surface area contributed by atoms with Crippen LogP contribution in [0, 0.1) is 0 Å². The van der Waals surface area contributed by atoms with E-state index in [0.29, 0.717) is 0 Å². The first-order valence-corrected chi connectivity index (χ1v) is 29.4. The Balaban J connectivity index is 0.00000279. The van der Waals surface area contributed by atoms with Crippen LogP contribution in [0.5, 0.6) is 23.0 Å². The molecular formula is C77H68N2O2. The average molecular weight is 1050 g/mol. The summed E-state index contributed by atoms with van der Waals surface area (Å²) < 4.78 is 13.9. The lowest BCUT2D eigenvalue weighted by Gasteiger charge is -2.47. The Labute approximate surface area is 478 Å². The molecule has 398 valence electrons. The molecule has 0 radical (unpaired) electrons. The van der Waals surface area contributed by atoms with Gasteiger partial charge < -0.3 is 19.3 Å². The SMILES string of the molecule is CC.CC1(C)C2=CCCC=C2N(c2ccc3c(c2)C2(c4cc(N5c6ccccc6C(C)(C)c6cc7c(cc65)Oc5ccccc5C7(C)C)ccc4C=C3)c3ccccc3-c3ccccc32)c2cc3c(cc21)C(C)(C)c1ccccc1O3. The minimum absolute atomic E-state index is 0.249. The molecule has 4 nitrogen and oxygen atoms in total. The van der Waals surface area contributed by atoms with E-state index in [2.05, 4.69) is 271 Å². The molecule has 0 saturated carbocycles. The number of ether oxygens (including phenoxy) is 2. The molecular weight excluding hydrogens is 985 g/mol. The molecule has 4 heterocycles. The van der Waals surface area contributed by atoms with E-state index in [9.17, 15) is 0 Å². The molecule has 81 heavy (non-hydrogen) atoms. The predicted molar refractivity (Wildman–Crippen MR) is 335 cm³/mol. The summed E-state index contributed by atoms with van der Waals surface area (Å²) in [5.74, 6) is 3.68. The molecule has 0 N–H and O–H groups in total. The summed E-state index contributed by atoms with van der Waals surface area (Å²) in [4.78, 5) is 5.10. The third-order valence-electron chi connectivity index (χ3n) is 19.6. The second kappa shape index (κ2) is 17.2. The number of hydrogen-bond acceptors (Lipinski definition) is 4. The Bertz CT molecular complexity index is 4240. The third kappa shape index (κ3) is 6.59. The monoisotopic (exact) mass is 1050 g/mol. The minimum Gasteiger partial charge on any atom is -0.457 e. The van der Waals surface area contributed by atoms with Crippen molar-refractivity contribution in [2.45, 2.75) is 109 Å². The zero-order valence-corrected chi connectivity index (χ0v) is 48.3. The van der Waals surface area contributed by atoms with Gasteiger partial charge in [0.1, 0.15) is 23.0 Å². The van der Waals surface area contributed by atoms with Crippen LogP contribution in [0.2, 0.25) is 0 Å². The van der Waals surface area contributed by atoms with Crippen molar-refractivity contribution in [3.05, 3.63) is 278 Å². The van der Waals surface area contributed by atoms with Crippen molar-refractivity contribution < 1.29 is 9.47 Å². The van der Waals surface area contributed by atoms with Crippen molar-refractivity contribution >= 4 is 40.6 Å². The van der Waals surface area contributed by atoms with E-state index in [-0.39, 0.29) is 21.7 Å². The first-order chi connectivity index (χ1) is 39.2. The molecule has 0 unspecified atom stereocenters. The van der Waals surface area contributed by atoms with Crippen LogP contribution in [-0.4, -0.2) is 0 Å². The maximum atomic E-state index is 6.95. The number of anilines is 5. The molecule has 1 spiro atoms. The highest BCUT2D eigenvalue weighted by Crippen LogP contribution is 2.63. The number of fused-ring (bicyclic) bond motifs is 17. The van der Waals surface area contributed by atoms with Crippen molar-refractivity contribution in [2.75, 3.05) is 9.80 Å². The van der Waals surface area contributed by atoms with Crippen LogP contribution in [0.3, 0.4) is 0 Å². The molecule has 3 aliphatic carbocycles. The fraction of sp³-hybridized carbons (Fsp3) is 0.221. The minimum atomic E-state index is -0.707. The third-order valence-corrected chi connectivity index (χ3v) is 19.6. The van der Waals surface area contributed by atoms with Crippen LogP contribution in [0.1, 0.15) is 154 Å². The second-order valence-electron chi connectivity index (χ2n) is 25.1. The largest absolute Gasteiger partial charge is 0.457 e. The number of nitrogens with zero attached hydrogens (tertiary/aromatic N) is 2. The highest BCUT2D eigenvalue weighted by atomic mass is 16.5. The molecule has 0 fully saturated rings. The number of para-hydroxylation sites is 3. The smallest absolute Gasteiger partial charge is 0.133 e. The standard InChI is InChI=1S/C75H62N2O2.C2H6/c1-71(2)53-25-13-17-29-63(53)76(65-43-69-61(41-59(65)71)73(5,6)55-27-15-19-31-67(55)78-69)47-37-35-45-33-34-46-36-38-48(40-58(46)75(57(45)39-47)51-23-11-9-21-49(51)50-22-10-12-24-52(50)75)77-64-30-18-14-26-54(64)72(3,4)60-42-62-70(44-66(60)77)79-68-32-20-16-28-56(68)74(62,7)8;1-2/h9-13,15-17,19-44H,14,18H2,1-8H3;1-2H3. The summed E-state index contributed by atoms with van der Waals surface area (Å²) in [6.07, 6.45) is 11.7. The molecule has 16 rings (SSSR count). The first-order valence-electron chi connectivity index (χ1n) is 29.4. The summed E-state index contributed by atoms with van der Waals surface area (Å²) in [5, 5.41) is 0. The van der Waals surface area contributed by atoms with Gasteiger partial charge in [-0.1, -0.05) is 209 Å². The molecule has 7 aliphatic rings. The molecule has 0 aromatic heterocycles. The number of rotatable bonds is 2. The molecule has 4 heteroatoms. The van der Waals surface area contributed by atoms with Gasteiger partial charge in [-0.3, -0.25) is 0 Å². The predicted octanol–water partition coefficient (Wildman–Crippen LogP) is 20.6. The van der Waals surface area contributed by atoms with Crippen molar-refractivity contribution in [1.82, 2.24) is 0 Å². The molecule has 0 amide bonds. The Kier molecular flexibility index (Phi) is 10.5. The lowest BCUT2D eigenvalue weighted by Crippen LogP contribution is -2.37. The van der Waals surface area contributed by atoms with Gasteiger partial charge in [0.25, 0.3) is 0 Å². The van der Waals surface area contributed by atoms with E-state index in [1.54, 1.807) is 0 Å². The van der Waals surface area contributed by atoms with Crippen LogP contribution < -0.4 is 19.3 Å². The van der Waals surface area contributed by atoms with E-state index in [0.717, 1.165) is 52.9 Å². The van der Waals surface area contributed by atoms with E-state index >= 15 is 0 Å². The lowest BCUT2D eigenvalue weighted by molar-refractivity contribution is 0.416. The maximum absolute atomic E-state index is 6.95. The van der Waals surface area contributed by atoms with Gasteiger partial charge in [-0.15, -0.1) is 0 Å².